The van der Waals surface area contributed by atoms with Gasteiger partial charge in [0.25, 0.3) is 0 Å². The maximum atomic E-state index is 5.99. The van der Waals surface area contributed by atoms with Crippen LogP contribution in [0.15, 0.2) is 72.8 Å². The van der Waals surface area contributed by atoms with Gasteiger partial charge in [0.1, 0.15) is 11.6 Å². The molecule has 1 heterocycles. The number of benzene rings is 3. The van der Waals surface area contributed by atoms with Gasteiger partial charge in [0.15, 0.2) is 0 Å². The number of para-hydroxylation sites is 2. The van der Waals surface area contributed by atoms with E-state index in [-0.39, 0.29) is 5.41 Å². The molecule has 3 aromatic carbocycles. The summed E-state index contributed by atoms with van der Waals surface area (Å²) in [5.74, 6) is 2.00. The van der Waals surface area contributed by atoms with Crippen molar-refractivity contribution in [1.29, 1.82) is 0 Å². The van der Waals surface area contributed by atoms with Crippen LogP contribution < -0.4 is 4.74 Å². The van der Waals surface area contributed by atoms with Crippen LogP contribution in [-0.2, 0) is 12.0 Å². The molecule has 31 heavy (non-hydrogen) atoms. The van der Waals surface area contributed by atoms with Crippen LogP contribution in [0.3, 0.4) is 0 Å². The molecule has 0 aliphatic heterocycles. The second kappa shape index (κ2) is 8.97. The first-order chi connectivity index (χ1) is 14.9. The summed E-state index contributed by atoms with van der Waals surface area (Å²) in [6.07, 6.45) is 2.04. The fraction of sp³-hybridized carbons (Fsp3) is 0.321. The molecule has 1 aromatic heterocycles. The molecule has 0 aliphatic rings. The molecule has 0 unspecified atom stereocenters. The highest BCUT2D eigenvalue weighted by Crippen LogP contribution is 2.28. The lowest BCUT2D eigenvalue weighted by Gasteiger charge is -2.19. The van der Waals surface area contributed by atoms with E-state index in [1.54, 1.807) is 0 Å². The Morgan fingerprint density at radius 1 is 0.839 bits per heavy atom. The Kier molecular flexibility index (Phi) is 6.13. The van der Waals surface area contributed by atoms with E-state index in [2.05, 4.69) is 105 Å². The maximum absolute atomic E-state index is 5.99. The van der Waals surface area contributed by atoms with Gasteiger partial charge in [0.05, 0.1) is 17.6 Å². The van der Waals surface area contributed by atoms with Crippen LogP contribution in [-0.4, -0.2) is 16.2 Å². The first kappa shape index (κ1) is 21.2. The SMILES string of the molecule is Cc1ccccc1-c1nc2ccccc2n1CCCCOc1ccc(C(C)(C)C)cc1. The van der Waals surface area contributed by atoms with Crippen LogP contribution in [0.2, 0.25) is 0 Å². The van der Waals surface area contributed by atoms with E-state index < -0.39 is 0 Å². The second-order valence-electron chi connectivity index (χ2n) is 9.22. The van der Waals surface area contributed by atoms with Crippen LogP contribution in [0.25, 0.3) is 22.4 Å². The number of nitrogens with zero attached hydrogens (tertiary/aromatic N) is 2. The van der Waals surface area contributed by atoms with E-state index in [1.165, 1.54) is 22.2 Å². The molecule has 160 valence electrons. The molecule has 3 nitrogen and oxygen atoms in total. The summed E-state index contributed by atoms with van der Waals surface area (Å²) < 4.78 is 8.35. The Hall–Kier alpha value is -3.07. The quantitative estimate of drug-likeness (QED) is 0.301. The van der Waals surface area contributed by atoms with E-state index >= 15 is 0 Å². The summed E-state index contributed by atoms with van der Waals surface area (Å²) in [5, 5.41) is 0. The van der Waals surface area contributed by atoms with Crippen molar-refractivity contribution >= 4 is 11.0 Å². The van der Waals surface area contributed by atoms with Crippen molar-refractivity contribution in [3.05, 3.63) is 83.9 Å². The van der Waals surface area contributed by atoms with Crippen molar-refractivity contribution < 1.29 is 4.74 Å². The van der Waals surface area contributed by atoms with Gasteiger partial charge >= 0.3 is 0 Å². The molecule has 3 heteroatoms. The summed E-state index contributed by atoms with van der Waals surface area (Å²) in [7, 11) is 0. The Morgan fingerprint density at radius 3 is 2.29 bits per heavy atom. The number of unbranched alkanes of at least 4 members (excludes halogenated alkanes) is 1. The predicted octanol–water partition coefficient (Wildman–Crippen LogP) is 7.17. The molecule has 0 bridgehead atoms. The number of rotatable bonds is 7. The van der Waals surface area contributed by atoms with E-state index in [9.17, 15) is 0 Å². The fourth-order valence-electron chi connectivity index (χ4n) is 3.94. The molecule has 0 saturated carbocycles. The van der Waals surface area contributed by atoms with E-state index in [0.717, 1.165) is 43.1 Å². The first-order valence-electron chi connectivity index (χ1n) is 11.2. The van der Waals surface area contributed by atoms with Crippen LogP contribution in [0.1, 0.15) is 44.7 Å². The Morgan fingerprint density at radius 2 is 1.55 bits per heavy atom. The number of aryl methyl sites for hydroxylation is 2. The zero-order valence-corrected chi connectivity index (χ0v) is 19.1. The number of hydrogen-bond donors (Lipinski definition) is 0. The Bertz CT molecular complexity index is 1150. The third kappa shape index (κ3) is 4.82. The molecular weight excluding hydrogens is 380 g/mol. The second-order valence-corrected chi connectivity index (χ2v) is 9.22. The van der Waals surface area contributed by atoms with Crippen molar-refractivity contribution in [1.82, 2.24) is 9.55 Å². The zero-order valence-electron chi connectivity index (χ0n) is 19.1. The third-order valence-corrected chi connectivity index (χ3v) is 5.81. The van der Waals surface area contributed by atoms with Gasteiger partial charge in [0.2, 0.25) is 0 Å². The number of aromatic nitrogens is 2. The van der Waals surface area contributed by atoms with E-state index in [4.69, 9.17) is 9.72 Å². The minimum atomic E-state index is 0.168. The number of imidazole rings is 1. The molecule has 0 aliphatic carbocycles. The normalized spacial score (nSPS) is 11.7. The lowest BCUT2D eigenvalue weighted by molar-refractivity contribution is 0.303. The van der Waals surface area contributed by atoms with Gasteiger partial charge in [-0.3, -0.25) is 0 Å². The molecule has 0 radical (unpaired) electrons. The summed E-state index contributed by atoms with van der Waals surface area (Å²) in [4.78, 5) is 4.95. The van der Waals surface area contributed by atoms with Crippen molar-refractivity contribution in [3.8, 4) is 17.1 Å². The van der Waals surface area contributed by atoms with E-state index in [1.807, 2.05) is 0 Å². The molecular formula is C28H32N2O. The smallest absolute Gasteiger partial charge is 0.141 e. The van der Waals surface area contributed by atoms with E-state index in [0.29, 0.717) is 0 Å². The lowest BCUT2D eigenvalue weighted by atomic mass is 9.87. The monoisotopic (exact) mass is 412 g/mol. The van der Waals surface area contributed by atoms with Crippen LogP contribution in [0.5, 0.6) is 5.75 Å². The average molecular weight is 413 g/mol. The maximum Gasteiger partial charge on any atom is 0.141 e. The van der Waals surface area contributed by atoms with Crippen molar-refractivity contribution in [2.75, 3.05) is 6.61 Å². The summed E-state index contributed by atoms with van der Waals surface area (Å²) in [6, 6.07) is 25.4. The minimum absolute atomic E-state index is 0.168. The standard InChI is InChI=1S/C28H32N2O/c1-21-11-5-6-12-24(21)27-29-25-13-7-8-14-26(25)30(27)19-9-10-20-31-23-17-15-22(16-18-23)28(2,3)4/h5-8,11-18H,9-10,19-20H2,1-4H3. The van der Waals surface area contributed by atoms with Crippen molar-refractivity contribution in [2.45, 2.75) is 52.5 Å². The number of hydrogen-bond acceptors (Lipinski definition) is 2. The minimum Gasteiger partial charge on any atom is -0.494 e. The fourth-order valence-corrected chi connectivity index (χ4v) is 3.94. The molecule has 0 N–H and O–H groups in total. The van der Waals surface area contributed by atoms with Crippen molar-refractivity contribution in [3.63, 3.8) is 0 Å². The molecule has 4 aromatic rings. The topological polar surface area (TPSA) is 27.1 Å². The predicted molar refractivity (Wildman–Crippen MR) is 130 cm³/mol. The first-order valence-corrected chi connectivity index (χ1v) is 11.2. The van der Waals surface area contributed by atoms with Crippen molar-refractivity contribution in [2.24, 2.45) is 0 Å². The molecule has 0 fully saturated rings. The highest BCUT2D eigenvalue weighted by atomic mass is 16.5. The Balaban J connectivity index is 1.41. The average Bonchev–Trinajstić information content (AvgIpc) is 3.12. The van der Waals surface area contributed by atoms with Gasteiger partial charge in [-0.05, 0) is 60.6 Å². The van der Waals surface area contributed by atoms with Gasteiger partial charge in [-0.2, -0.15) is 0 Å². The van der Waals surface area contributed by atoms with Crippen LogP contribution in [0, 0.1) is 6.92 Å². The summed E-state index contributed by atoms with van der Waals surface area (Å²) >= 11 is 0. The molecule has 0 spiro atoms. The molecule has 0 saturated heterocycles. The zero-order chi connectivity index (χ0) is 21.8. The molecule has 0 atom stereocenters. The molecule has 4 rings (SSSR count). The number of fused-ring (bicyclic) bond motifs is 1. The van der Waals surface area contributed by atoms with Gasteiger partial charge in [0, 0.05) is 12.1 Å². The lowest BCUT2D eigenvalue weighted by Crippen LogP contribution is -2.10. The highest BCUT2D eigenvalue weighted by Gasteiger charge is 2.14. The molecule has 0 amide bonds. The number of ether oxygens (including phenoxy) is 1. The van der Waals surface area contributed by atoms with Gasteiger partial charge < -0.3 is 9.30 Å². The van der Waals surface area contributed by atoms with Crippen LogP contribution in [0.4, 0.5) is 0 Å². The van der Waals surface area contributed by atoms with Crippen LogP contribution >= 0.6 is 0 Å². The largest absolute Gasteiger partial charge is 0.494 e. The summed E-state index contributed by atoms with van der Waals surface area (Å²) in [6.45, 7) is 10.5. The van der Waals surface area contributed by atoms with Gasteiger partial charge in [-0.1, -0.05) is 69.3 Å². The third-order valence-electron chi connectivity index (χ3n) is 5.81. The highest BCUT2D eigenvalue weighted by molar-refractivity contribution is 5.81. The Labute approximate surface area is 185 Å². The summed E-state index contributed by atoms with van der Waals surface area (Å²) in [5.41, 5.74) is 6.20. The van der Waals surface area contributed by atoms with Gasteiger partial charge in [-0.25, -0.2) is 4.98 Å². The van der Waals surface area contributed by atoms with Gasteiger partial charge in [-0.15, -0.1) is 0 Å².